The highest BCUT2D eigenvalue weighted by Crippen LogP contribution is 2.70. The van der Waals surface area contributed by atoms with Gasteiger partial charge in [0.1, 0.15) is 5.69 Å². The molecule has 12 heteroatoms. The summed E-state index contributed by atoms with van der Waals surface area (Å²) in [5, 5.41) is 7.02. The number of nitrogens with one attached hydrogen (secondary N) is 2. The molecule has 0 aliphatic heterocycles. The van der Waals surface area contributed by atoms with E-state index in [-0.39, 0.29) is 34.1 Å². The summed E-state index contributed by atoms with van der Waals surface area (Å²) in [6.45, 7) is 1.53. The minimum absolute atomic E-state index is 0.105. The summed E-state index contributed by atoms with van der Waals surface area (Å²) in [6.07, 6.45) is -1.08. The molecule has 4 aliphatic carbocycles. The normalized spacial score (nSPS) is 29.0. The molecule has 1 aromatic carbocycles. The molecule has 0 saturated heterocycles. The van der Waals surface area contributed by atoms with Crippen molar-refractivity contribution in [2.75, 3.05) is 18.7 Å². The Morgan fingerprint density at radius 3 is 2.42 bits per heavy atom. The molecule has 1 aromatic heterocycles. The van der Waals surface area contributed by atoms with E-state index >= 15 is 0 Å². The number of methoxy groups -OCH3 is 1. The van der Waals surface area contributed by atoms with Crippen LogP contribution in [-0.2, 0) is 26.4 Å². The number of anilines is 1. The van der Waals surface area contributed by atoms with Crippen molar-refractivity contribution >= 4 is 21.3 Å². The number of rotatable bonds is 8. The summed E-state index contributed by atoms with van der Waals surface area (Å²) < 4.78 is 82.9. The highest BCUT2D eigenvalue weighted by molar-refractivity contribution is 7.91. The van der Waals surface area contributed by atoms with Crippen molar-refractivity contribution < 1.29 is 31.3 Å². The third-order valence-electron chi connectivity index (χ3n) is 7.78. The predicted octanol–water partition coefficient (Wildman–Crippen LogP) is 5.36. The van der Waals surface area contributed by atoms with Gasteiger partial charge in [-0.2, -0.15) is 5.10 Å². The van der Waals surface area contributed by atoms with Gasteiger partial charge in [0.15, 0.2) is 0 Å². The molecule has 2 bridgehead atoms. The molecular weight excluding hydrogens is 500 g/mol. The maximum Gasteiger partial charge on any atom is 0.274 e. The summed E-state index contributed by atoms with van der Waals surface area (Å²) in [5.41, 5.74) is -2.40. The van der Waals surface area contributed by atoms with Crippen LogP contribution in [0.25, 0.3) is 0 Å². The van der Waals surface area contributed by atoms with Gasteiger partial charge in [-0.3, -0.25) is 9.48 Å². The van der Waals surface area contributed by atoms with E-state index in [2.05, 4.69) is 10.4 Å². The van der Waals surface area contributed by atoms with Crippen LogP contribution < -0.4 is 5.32 Å². The number of carbonyl (C=O) groups is 1. The monoisotopic (exact) mass is 528 g/mol. The molecule has 1 unspecified atom stereocenters. The molecule has 0 spiro atoms. The van der Waals surface area contributed by atoms with Crippen LogP contribution in [0.5, 0.6) is 0 Å². The van der Waals surface area contributed by atoms with Crippen molar-refractivity contribution in [1.29, 1.82) is 4.78 Å². The lowest BCUT2D eigenvalue weighted by atomic mass is 9.39. The van der Waals surface area contributed by atoms with Gasteiger partial charge in [-0.05, 0) is 42.9 Å². The summed E-state index contributed by atoms with van der Waals surface area (Å²) in [7, 11) is -1.50. The standard InChI is InChI=1S/C24H28F4N4O3S/c1-21(8-24(27,28)9-21)13-32-17(20(33)30-14-5-4-6-15(7-14)36(3,29)34)16(19(25)26)18(31-32)22-10-23(11-22,12-22)35-2/h4-7,19,29H,8-13H2,1-3H3,(H,30,33). The smallest absolute Gasteiger partial charge is 0.274 e. The SMILES string of the molecule is COC12CC(c3nn(CC4(C)CC(F)(F)C4)c(C(=O)Nc4cccc(S(C)(=N)=O)c4)c3C(F)F)(C1)C2. The quantitative estimate of drug-likeness (QED) is 0.451. The fourth-order valence-corrected chi connectivity index (χ4v) is 6.96. The first kappa shape index (κ1) is 25.2. The fraction of sp³-hybridized carbons (Fsp3) is 0.583. The van der Waals surface area contributed by atoms with Gasteiger partial charge in [-0.1, -0.05) is 13.0 Å². The van der Waals surface area contributed by atoms with Crippen molar-refractivity contribution in [3.05, 3.63) is 41.2 Å². The number of ether oxygens (including phenoxy) is 1. The van der Waals surface area contributed by atoms with Gasteiger partial charge in [0.05, 0.1) is 26.6 Å². The number of halogens is 4. The van der Waals surface area contributed by atoms with E-state index < -0.39 is 57.2 Å². The zero-order valence-electron chi connectivity index (χ0n) is 20.2. The maximum atomic E-state index is 14.5. The molecule has 36 heavy (non-hydrogen) atoms. The van der Waals surface area contributed by atoms with Crippen molar-refractivity contribution in [1.82, 2.24) is 9.78 Å². The van der Waals surface area contributed by atoms with Crippen molar-refractivity contribution in [3.63, 3.8) is 0 Å². The topological polar surface area (TPSA) is 97.1 Å². The van der Waals surface area contributed by atoms with Gasteiger partial charge in [0, 0.05) is 48.7 Å². The Labute approximate surface area is 206 Å². The lowest BCUT2D eigenvalue weighted by Gasteiger charge is -2.68. The molecular formula is C24H28F4N4O3S. The molecule has 1 atom stereocenters. The van der Waals surface area contributed by atoms with Crippen molar-refractivity contribution in [3.8, 4) is 0 Å². The van der Waals surface area contributed by atoms with Gasteiger partial charge in [-0.25, -0.2) is 26.6 Å². The number of carbonyl (C=O) groups excluding carboxylic acids is 1. The van der Waals surface area contributed by atoms with Crippen LogP contribution in [0.3, 0.4) is 0 Å². The fourth-order valence-electron chi connectivity index (χ4n) is 6.27. The largest absolute Gasteiger partial charge is 0.378 e. The van der Waals surface area contributed by atoms with E-state index in [0.717, 1.165) is 0 Å². The first-order valence-electron chi connectivity index (χ1n) is 11.6. The first-order valence-corrected chi connectivity index (χ1v) is 13.5. The van der Waals surface area contributed by atoms with Crippen LogP contribution in [0.1, 0.15) is 67.2 Å². The summed E-state index contributed by atoms with van der Waals surface area (Å²) in [5.74, 6) is -3.70. The van der Waals surface area contributed by atoms with Crippen LogP contribution in [0.4, 0.5) is 23.2 Å². The molecule has 1 heterocycles. The predicted molar refractivity (Wildman–Crippen MR) is 124 cm³/mol. The number of amides is 1. The molecule has 7 nitrogen and oxygen atoms in total. The van der Waals surface area contributed by atoms with Crippen molar-refractivity contribution in [2.45, 2.75) is 73.8 Å². The Balaban J connectivity index is 1.54. The number of benzene rings is 1. The van der Waals surface area contributed by atoms with E-state index in [0.29, 0.717) is 19.3 Å². The van der Waals surface area contributed by atoms with E-state index in [9.17, 15) is 26.6 Å². The third kappa shape index (κ3) is 4.02. The summed E-state index contributed by atoms with van der Waals surface area (Å²) >= 11 is 0. The molecule has 4 fully saturated rings. The Morgan fingerprint density at radius 2 is 1.89 bits per heavy atom. The third-order valence-corrected chi connectivity index (χ3v) is 8.94. The molecule has 1 amide bonds. The molecule has 4 saturated carbocycles. The maximum absolute atomic E-state index is 14.5. The Bertz CT molecular complexity index is 1330. The number of hydrogen-bond acceptors (Lipinski definition) is 5. The second-order valence-corrected chi connectivity index (χ2v) is 13.3. The van der Waals surface area contributed by atoms with E-state index in [1.807, 2.05) is 0 Å². The van der Waals surface area contributed by atoms with Crippen LogP contribution >= 0.6 is 0 Å². The Hall–Kier alpha value is -2.47. The lowest BCUT2D eigenvalue weighted by molar-refractivity contribution is -0.233. The zero-order chi connectivity index (χ0) is 26.3. The van der Waals surface area contributed by atoms with Gasteiger partial charge in [-0.15, -0.1) is 0 Å². The van der Waals surface area contributed by atoms with Gasteiger partial charge in [0.2, 0.25) is 5.92 Å². The molecule has 6 rings (SSSR count). The highest BCUT2D eigenvalue weighted by Gasteiger charge is 2.71. The summed E-state index contributed by atoms with van der Waals surface area (Å²) in [4.78, 5) is 13.6. The van der Waals surface area contributed by atoms with Gasteiger partial charge < -0.3 is 10.1 Å². The second kappa shape index (κ2) is 7.77. The number of hydrogen-bond donors (Lipinski definition) is 2. The number of alkyl halides is 4. The zero-order valence-corrected chi connectivity index (χ0v) is 21.0. The highest BCUT2D eigenvalue weighted by atomic mass is 32.2. The minimum Gasteiger partial charge on any atom is -0.378 e. The number of aromatic nitrogens is 2. The molecule has 196 valence electrons. The van der Waals surface area contributed by atoms with Crippen LogP contribution in [0.15, 0.2) is 29.2 Å². The van der Waals surface area contributed by atoms with E-state index in [1.54, 1.807) is 14.0 Å². The van der Waals surface area contributed by atoms with E-state index in [4.69, 9.17) is 9.52 Å². The average Bonchev–Trinajstić information content (AvgIpc) is 3.03. The molecule has 2 aromatic rings. The molecule has 2 N–H and O–H groups in total. The van der Waals surface area contributed by atoms with Crippen molar-refractivity contribution in [2.24, 2.45) is 5.41 Å². The van der Waals surface area contributed by atoms with Crippen LogP contribution in [0.2, 0.25) is 0 Å². The molecule has 4 aliphatic rings. The minimum atomic E-state index is -3.07. The van der Waals surface area contributed by atoms with Crippen LogP contribution in [0, 0.1) is 10.2 Å². The Morgan fingerprint density at radius 1 is 1.25 bits per heavy atom. The molecule has 0 radical (unpaired) electrons. The van der Waals surface area contributed by atoms with Crippen LogP contribution in [-0.4, -0.2) is 44.8 Å². The summed E-state index contributed by atoms with van der Waals surface area (Å²) in [6, 6.07) is 5.83. The lowest BCUT2D eigenvalue weighted by Crippen LogP contribution is -2.70. The first-order chi connectivity index (χ1) is 16.6. The number of nitrogens with zero attached hydrogens (tertiary/aromatic N) is 2. The van der Waals surface area contributed by atoms with Gasteiger partial charge in [0.25, 0.3) is 12.3 Å². The second-order valence-electron chi connectivity index (χ2n) is 11.1. The Kier molecular flexibility index (Phi) is 5.43. The van der Waals surface area contributed by atoms with E-state index in [1.165, 1.54) is 35.2 Å². The average molecular weight is 529 g/mol. The van der Waals surface area contributed by atoms with Gasteiger partial charge >= 0.3 is 0 Å².